The number of allylic oxidation sites excluding steroid dienone is 5. The number of aromatic nitrogens is 2. The Hall–Kier alpha value is -1.84. The van der Waals surface area contributed by atoms with Crippen LogP contribution in [-0.2, 0) is 0 Å². The van der Waals surface area contributed by atoms with Crippen molar-refractivity contribution < 1.29 is 4.52 Å². The summed E-state index contributed by atoms with van der Waals surface area (Å²) < 4.78 is 4.37. The highest BCUT2D eigenvalue weighted by molar-refractivity contribution is 5.68. The number of aromatic amines is 1. The predicted molar refractivity (Wildman–Crippen MR) is 72.8 cm³/mol. The van der Waals surface area contributed by atoms with Gasteiger partial charge in [-0.05, 0) is 6.92 Å². The molecule has 0 aliphatic rings. The minimum atomic E-state index is -0.554. The Kier molecular flexibility index (Phi) is 12.6. The zero-order valence-electron chi connectivity index (χ0n) is 11.3. The van der Waals surface area contributed by atoms with E-state index < -0.39 is 5.76 Å². The van der Waals surface area contributed by atoms with Crippen molar-refractivity contribution in [1.29, 1.82) is 0 Å². The maximum absolute atomic E-state index is 10.6. The molecular weight excluding hydrogens is 216 g/mol. The molecule has 0 spiro atoms. The highest BCUT2D eigenvalue weighted by Crippen LogP contribution is 2.08. The van der Waals surface area contributed by atoms with E-state index in [1.54, 1.807) is 18.2 Å². The fourth-order valence-electron chi connectivity index (χ4n) is 0.838. The lowest BCUT2D eigenvalue weighted by Gasteiger charge is -1.90. The molecule has 4 heteroatoms. The Morgan fingerprint density at radius 1 is 1.35 bits per heavy atom. The summed E-state index contributed by atoms with van der Waals surface area (Å²) in [6.45, 7) is 13.4. The molecule has 0 atom stereocenters. The molecule has 1 rings (SSSR count). The number of nitrogens with zero attached hydrogens (tertiary/aromatic N) is 1. The largest absolute Gasteiger partial charge is 0.439 e. The van der Waals surface area contributed by atoms with Crippen LogP contribution in [0.5, 0.6) is 0 Å². The first-order valence-corrected chi connectivity index (χ1v) is 5.79. The van der Waals surface area contributed by atoms with Crippen LogP contribution in [0.3, 0.4) is 0 Å². The van der Waals surface area contributed by atoms with E-state index in [4.69, 9.17) is 0 Å². The fourth-order valence-corrected chi connectivity index (χ4v) is 0.838. The van der Waals surface area contributed by atoms with Crippen LogP contribution in [0, 0.1) is 0 Å². The molecule has 1 aromatic rings. The molecule has 4 nitrogen and oxygen atoms in total. The number of H-pyrrole nitrogens is 1. The van der Waals surface area contributed by atoms with E-state index in [1.807, 2.05) is 40.7 Å². The Balaban J connectivity index is 0. The van der Waals surface area contributed by atoms with Gasteiger partial charge in [0.25, 0.3) is 0 Å². The average molecular weight is 238 g/mol. The van der Waals surface area contributed by atoms with E-state index in [0.29, 0.717) is 5.82 Å². The lowest BCUT2D eigenvalue weighted by molar-refractivity contribution is 0.385. The molecule has 0 amide bonds. The molecule has 17 heavy (non-hydrogen) atoms. The van der Waals surface area contributed by atoms with Gasteiger partial charge in [0.05, 0.1) is 0 Å². The monoisotopic (exact) mass is 238 g/mol. The van der Waals surface area contributed by atoms with Gasteiger partial charge in [0.15, 0.2) is 5.82 Å². The first-order chi connectivity index (χ1) is 8.27. The smallest absolute Gasteiger partial charge is 0.296 e. The van der Waals surface area contributed by atoms with E-state index in [2.05, 4.69) is 21.2 Å². The minimum Gasteiger partial charge on any atom is -0.296 e. The van der Waals surface area contributed by atoms with Gasteiger partial charge >= 0.3 is 5.76 Å². The highest BCUT2D eigenvalue weighted by atomic mass is 16.5. The van der Waals surface area contributed by atoms with Gasteiger partial charge in [-0.15, -0.1) is 0 Å². The van der Waals surface area contributed by atoms with Crippen molar-refractivity contribution in [2.75, 3.05) is 0 Å². The molecule has 0 aliphatic heterocycles. The van der Waals surface area contributed by atoms with E-state index in [-0.39, 0.29) is 0 Å². The summed E-state index contributed by atoms with van der Waals surface area (Å²) in [4.78, 5) is 13.1. The summed E-state index contributed by atoms with van der Waals surface area (Å²) in [6.07, 6.45) is 6.98. The minimum absolute atomic E-state index is 0.422. The van der Waals surface area contributed by atoms with Gasteiger partial charge < -0.3 is 0 Å². The molecule has 0 radical (unpaired) electrons. The van der Waals surface area contributed by atoms with Crippen molar-refractivity contribution in [3.63, 3.8) is 0 Å². The molecule has 1 heterocycles. The summed E-state index contributed by atoms with van der Waals surface area (Å²) in [5.74, 6) is -0.132. The Morgan fingerprint density at radius 2 is 1.94 bits per heavy atom. The third kappa shape index (κ3) is 7.11. The molecule has 0 aromatic carbocycles. The predicted octanol–water partition coefficient (Wildman–Crippen LogP) is 3.56. The molecule has 0 unspecified atom stereocenters. The summed E-state index contributed by atoms with van der Waals surface area (Å²) >= 11 is 0. The van der Waals surface area contributed by atoms with Crippen LogP contribution in [-0.4, -0.2) is 10.1 Å². The second-order valence-corrected chi connectivity index (χ2v) is 2.28. The van der Waals surface area contributed by atoms with E-state index in [1.165, 1.54) is 0 Å². The fraction of sp³-hybridized carbons (Fsp3) is 0.385. The van der Waals surface area contributed by atoms with Crippen LogP contribution in [0.15, 0.2) is 40.2 Å². The van der Waals surface area contributed by atoms with Gasteiger partial charge in [0.1, 0.15) is 0 Å². The molecule has 0 fully saturated rings. The topological polar surface area (TPSA) is 58.9 Å². The Labute approximate surface area is 103 Å². The van der Waals surface area contributed by atoms with Crippen LogP contribution in [0.25, 0.3) is 5.57 Å². The van der Waals surface area contributed by atoms with Gasteiger partial charge in [-0.2, -0.15) is 0 Å². The zero-order valence-corrected chi connectivity index (χ0v) is 11.3. The molecule has 0 saturated heterocycles. The quantitative estimate of drug-likeness (QED) is 0.819. The van der Waals surface area contributed by atoms with Gasteiger partial charge in [-0.25, -0.2) is 4.79 Å². The standard InChI is InChI=1S/C9H10N2O2.2C2H6/c1-3-5-6-7(4-2)8-10-9(12)13-11-8;2*1-2/h3-6H,1H2,2H3,(H,10,11,12);2*1-2H3/b6-5-,7-4+;;. The molecule has 0 bridgehead atoms. The molecule has 0 aliphatic carbocycles. The van der Waals surface area contributed by atoms with E-state index >= 15 is 0 Å². The van der Waals surface area contributed by atoms with Crippen LogP contribution in [0.1, 0.15) is 40.4 Å². The molecule has 96 valence electrons. The molecule has 1 N–H and O–H groups in total. The van der Waals surface area contributed by atoms with Crippen molar-refractivity contribution in [1.82, 2.24) is 10.1 Å². The average Bonchev–Trinajstić information content (AvgIpc) is 2.82. The Bertz CT molecular complexity index is 398. The van der Waals surface area contributed by atoms with Crippen LogP contribution < -0.4 is 5.76 Å². The van der Waals surface area contributed by atoms with Crippen molar-refractivity contribution in [2.24, 2.45) is 0 Å². The van der Waals surface area contributed by atoms with E-state index in [9.17, 15) is 4.79 Å². The second kappa shape index (κ2) is 12.2. The summed E-state index contributed by atoms with van der Waals surface area (Å²) in [6, 6.07) is 0. The maximum Gasteiger partial charge on any atom is 0.439 e. The van der Waals surface area contributed by atoms with Crippen LogP contribution in [0.2, 0.25) is 0 Å². The van der Waals surface area contributed by atoms with Crippen molar-refractivity contribution >= 4 is 5.57 Å². The van der Waals surface area contributed by atoms with E-state index in [0.717, 1.165) is 5.57 Å². The zero-order chi connectivity index (χ0) is 13.7. The number of hydrogen-bond donors (Lipinski definition) is 1. The van der Waals surface area contributed by atoms with Crippen molar-refractivity contribution in [3.05, 3.63) is 47.3 Å². The summed E-state index contributed by atoms with van der Waals surface area (Å²) in [7, 11) is 0. The van der Waals surface area contributed by atoms with Crippen LogP contribution >= 0.6 is 0 Å². The van der Waals surface area contributed by atoms with Crippen molar-refractivity contribution in [2.45, 2.75) is 34.6 Å². The lowest BCUT2D eigenvalue weighted by Crippen LogP contribution is -1.95. The normalized spacial score (nSPS) is 10.1. The Morgan fingerprint density at radius 3 is 2.29 bits per heavy atom. The first kappa shape index (κ1) is 17.6. The molecular formula is C13H22N2O2. The summed E-state index contributed by atoms with van der Waals surface area (Å²) in [5, 5.41) is 3.54. The second-order valence-electron chi connectivity index (χ2n) is 2.28. The molecule has 0 saturated carbocycles. The number of nitrogens with one attached hydrogen (secondary N) is 1. The molecule has 1 aromatic heterocycles. The van der Waals surface area contributed by atoms with Crippen molar-refractivity contribution in [3.8, 4) is 0 Å². The SMILES string of the molecule is C=C/C=C\C(=C/C)c1noc(=O)[nH]1.CC.CC. The van der Waals surface area contributed by atoms with Gasteiger partial charge in [-0.3, -0.25) is 9.51 Å². The lowest BCUT2D eigenvalue weighted by atomic mass is 10.2. The maximum atomic E-state index is 10.6. The summed E-state index contributed by atoms with van der Waals surface area (Å²) in [5.41, 5.74) is 0.783. The van der Waals surface area contributed by atoms with Crippen LogP contribution in [0.4, 0.5) is 0 Å². The van der Waals surface area contributed by atoms with Gasteiger partial charge in [-0.1, -0.05) is 63.7 Å². The third-order valence-electron chi connectivity index (χ3n) is 1.44. The third-order valence-corrected chi connectivity index (χ3v) is 1.44. The number of rotatable bonds is 3. The first-order valence-electron chi connectivity index (χ1n) is 5.79. The number of hydrogen-bond acceptors (Lipinski definition) is 3. The van der Waals surface area contributed by atoms with Gasteiger partial charge in [0, 0.05) is 5.57 Å². The van der Waals surface area contributed by atoms with Gasteiger partial charge in [0.2, 0.25) is 0 Å². The highest BCUT2D eigenvalue weighted by Gasteiger charge is 2.02.